The maximum atomic E-state index is 10.0. The lowest BCUT2D eigenvalue weighted by Crippen LogP contribution is -2.44. The van der Waals surface area contributed by atoms with E-state index in [1.54, 1.807) is 0 Å². The van der Waals surface area contributed by atoms with Gasteiger partial charge in [0.05, 0.1) is 18.2 Å². The molecule has 1 radical (unpaired) electrons. The van der Waals surface area contributed by atoms with Crippen LogP contribution in [-0.2, 0) is 20.9 Å². The number of imidazole rings is 1. The molecular formula is C21H31ClN5O5Si. The van der Waals surface area contributed by atoms with Crippen molar-refractivity contribution in [3.05, 3.63) is 11.1 Å². The Bertz CT molecular complexity index is 972. The van der Waals surface area contributed by atoms with E-state index in [2.05, 4.69) is 28.3 Å². The average Bonchev–Trinajstić information content (AvgIpc) is 3.47. The molecule has 0 amide bonds. The van der Waals surface area contributed by atoms with E-state index in [1.165, 1.54) is 0 Å². The number of ether oxygens (including phenoxy) is 4. The smallest absolute Gasteiger partial charge is 0.301 e. The van der Waals surface area contributed by atoms with Crippen molar-refractivity contribution in [2.45, 2.75) is 50.3 Å². The van der Waals surface area contributed by atoms with Gasteiger partial charge in [-0.3, -0.25) is 4.57 Å². The summed E-state index contributed by atoms with van der Waals surface area (Å²) in [7, 11) is -0.370. The molecule has 2 aromatic rings. The van der Waals surface area contributed by atoms with E-state index < -0.39 is 6.10 Å². The highest BCUT2D eigenvalue weighted by atomic mass is 35.5. The number of fused-ring (bicyclic) bond motifs is 2. The van der Waals surface area contributed by atoms with Crippen LogP contribution in [0.15, 0.2) is 6.07 Å². The van der Waals surface area contributed by atoms with Crippen molar-refractivity contribution in [1.82, 2.24) is 19.9 Å². The van der Waals surface area contributed by atoms with Crippen molar-refractivity contribution in [2.75, 3.05) is 50.9 Å². The number of aliphatic hydroxyl groups is 1. The second-order valence-electron chi connectivity index (χ2n) is 9.01. The predicted octanol–water partition coefficient (Wildman–Crippen LogP) is 1.13. The number of aliphatic hydroxyl groups excluding tert-OH is 1. The summed E-state index contributed by atoms with van der Waals surface area (Å²) in [5.41, 5.74) is 1.32. The zero-order chi connectivity index (χ0) is 22.9. The lowest BCUT2D eigenvalue weighted by molar-refractivity contribution is 0.00337. The van der Waals surface area contributed by atoms with Crippen molar-refractivity contribution in [2.24, 2.45) is 0 Å². The molecule has 5 heterocycles. The van der Waals surface area contributed by atoms with E-state index in [9.17, 15) is 5.11 Å². The minimum atomic E-state index is -0.632. The Balaban J connectivity index is 1.44. The van der Waals surface area contributed by atoms with Crippen LogP contribution in [-0.4, -0.2) is 98.9 Å². The first-order chi connectivity index (χ1) is 16.0. The summed E-state index contributed by atoms with van der Waals surface area (Å²) in [6.07, 6.45) is -1.70. The van der Waals surface area contributed by atoms with Crippen LogP contribution in [0.3, 0.4) is 0 Å². The van der Waals surface area contributed by atoms with Gasteiger partial charge in [-0.05, 0) is 12.1 Å². The molecule has 3 aliphatic rings. The molecule has 5 rings (SSSR count). The van der Waals surface area contributed by atoms with Crippen LogP contribution in [0.2, 0.25) is 24.2 Å². The molecular weight excluding hydrogens is 466 g/mol. The van der Waals surface area contributed by atoms with E-state index in [1.807, 2.05) is 10.6 Å². The summed E-state index contributed by atoms with van der Waals surface area (Å²) >= 11 is 6.61. The van der Waals surface area contributed by atoms with Gasteiger partial charge in [0, 0.05) is 41.6 Å². The SMILES string of the molecule is C[Si](C)CCOCn1c(O[C@@H]2CO[C@H]3[C@@H]2OC[C@H]3O)nc2cc(Cl)c(N3CCNCC3)nc21. The first-order valence-corrected chi connectivity index (χ1v) is 14.6. The minimum Gasteiger partial charge on any atom is -0.456 e. The third-order valence-corrected chi connectivity index (χ3v) is 7.72. The molecule has 10 nitrogen and oxygen atoms in total. The van der Waals surface area contributed by atoms with Crippen LogP contribution >= 0.6 is 11.6 Å². The molecule has 181 valence electrons. The molecule has 0 aromatic carbocycles. The Hall–Kier alpha value is -1.47. The molecule has 0 aliphatic carbocycles. The van der Waals surface area contributed by atoms with Crippen LogP contribution in [0, 0.1) is 0 Å². The maximum absolute atomic E-state index is 10.0. The quantitative estimate of drug-likeness (QED) is 0.411. The van der Waals surface area contributed by atoms with Crippen molar-refractivity contribution in [3.63, 3.8) is 0 Å². The summed E-state index contributed by atoms with van der Waals surface area (Å²) in [6, 6.07) is 3.29. The van der Waals surface area contributed by atoms with Crippen LogP contribution < -0.4 is 15.0 Å². The first kappa shape index (κ1) is 23.3. The molecule has 3 fully saturated rings. The number of nitrogens with one attached hydrogen (secondary N) is 1. The molecule has 0 bridgehead atoms. The zero-order valence-corrected chi connectivity index (χ0v) is 20.8. The summed E-state index contributed by atoms with van der Waals surface area (Å²) in [4.78, 5) is 11.8. The third kappa shape index (κ3) is 4.86. The Morgan fingerprint density at radius 2 is 2.00 bits per heavy atom. The zero-order valence-electron chi connectivity index (χ0n) is 19.0. The van der Waals surface area contributed by atoms with E-state index in [-0.39, 0.29) is 40.4 Å². The second kappa shape index (κ2) is 10.0. The standard InChI is InChI=1S/C21H31ClN5O5Si/c1-33(2)8-7-29-12-27-20-14(9-13(22)19(25-20)26-5-3-23-4-6-26)24-21(27)32-16-11-31-17-15(28)10-30-18(16)17/h9,15-18,23,28H,3-8,10-12H2,1-2H3/t15-,16-,17-,18-/m1/s1. The van der Waals surface area contributed by atoms with Crippen molar-refractivity contribution in [3.8, 4) is 6.01 Å². The van der Waals surface area contributed by atoms with Gasteiger partial charge in [0.25, 0.3) is 0 Å². The van der Waals surface area contributed by atoms with Crippen molar-refractivity contribution >= 4 is 37.4 Å². The van der Waals surface area contributed by atoms with Crippen LogP contribution in [0.25, 0.3) is 11.2 Å². The highest BCUT2D eigenvalue weighted by Gasteiger charge is 2.49. The van der Waals surface area contributed by atoms with Gasteiger partial charge in [0.15, 0.2) is 11.8 Å². The van der Waals surface area contributed by atoms with Gasteiger partial charge in [-0.1, -0.05) is 24.7 Å². The van der Waals surface area contributed by atoms with E-state index >= 15 is 0 Å². The van der Waals surface area contributed by atoms with Gasteiger partial charge >= 0.3 is 6.01 Å². The van der Waals surface area contributed by atoms with E-state index in [0.717, 1.165) is 38.0 Å². The molecule has 3 saturated heterocycles. The number of piperazine rings is 1. The lowest BCUT2D eigenvalue weighted by atomic mass is 10.1. The molecule has 0 unspecified atom stereocenters. The Kier molecular flexibility index (Phi) is 7.07. The van der Waals surface area contributed by atoms with Gasteiger partial charge in [0.1, 0.15) is 36.4 Å². The molecule has 4 atom stereocenters. The van der Waals surface area contributed by atoms with Crippen LogP contribution in [0.5, 0.6) is 6.01 Å². The average molecular weight is 497 g/mol. The Labute approximate surface area is 199 Å². The fraction of sp³-hybridized carbons (Fsp3) is 0.714. The molecule has 0 saturated carbocycles. The van der Waals surface area contributed by atoms with Gasteiger partial charge in [-0.15, -0.1) is 0 Å². The highest BCUT2D eigenvalue weighted by molar-refractivity contribution is 6.55. The van der Waals surface area contributed by atoms with Crippen LogP contribution in [0.4, 0.5) is 5.82 Å². The van der Waals surface area contributed by atoms with Gasteiger partial charge in [-0.2, -0.15) is 4.98 Å². The lowest BCUT2D eigenvalue weighted by Gasteiger charge is -2.29. The fourth-order valence-electron chi connectivity index (χ4n) is 4.41. The number of hydrogen-bond acceptors (Lipinski definition) is 9. The van der Waals surface area contributed by atoms with E-state index in [0.29, 0.717) is 35.4 Å². The number of rotatable bonds is 8. The largest absolute Gasteiger partial charge is 0.456 e. The van der Waals surface area contributed by atoms with Gasteiger partial charge in [-0.25, -0.2) is 4.98 Å². The molecule has 3 aliphatic heterocycles. The number of hydrogen-bond donors (Lipinski definition) is 2. The molecule has 2 aromatic heterocycles. The number of halogens is 1. The predicted molar refractivity (Wildman–Crippen MR) is 126 cm³/mol. The normalized spacial score (nSPS) is 27.6. The van der Waals surface area contributed by atoms with Gasteiger partial charge in [0.2, 0.25) is 0 Å². The number of pyridine rings is 1. The summed E-state index contributed by atoms with van der Waals surface area (Å²) in [6.45, 7) is 9.52. The Morgan fingerprint density at radius 1 is 1.21 bits per heavy atom. The first-order valence-electron chi connectivity index (χ1n) is 11.5. The molecule has 12 heteroatoms. The second-order valence-corrected chi connectivity index (χ2v) is 12.3. The Morgan fingerprint density at radius 3 is 2.79 bits per heavy atom. The number of nitrogens with zero attached hydrogens (tertiary/aromatic N) is 4. The van der Waals surface area contributed by atoms with Crippen molar-refractivity contribution < 1.29 is 24.1 Å². The number of aromatic nitrogens is 3. The van der Waals surface area contributed by atoms with Gasteiger partial charge < -0.3 is 34.3 Å². The minimum absolute atomic E-state index is 0.248. The molecule has 2 N–H and O–H groups in total. The van der Waals surface area contributed by atoms with Crippen molar-refractivity contribution in [1.29, 1.82) is 0 Å². The topological polar surface area (TPSA) is 103 Å². The van der Waals surface area contributed by atoms with Crippen LogP contribution in [0.1, 0.15) is 0 Å². The number of anilines is 1. The summed E-state index contributed by atoms with van der Waals surface area (Å²) in [5, 5.41) is 14.0. The molecule has 33 heavy (non-hydrogen) atoms. The summed E-state index contributed by atoms with van der Waals surface area (Å²) < 4.78 is 25.5. The molecule has 0 spiro atoms. The highest BCUT2D eigenvalue weighted by Crippen LogP contribution is 2.33. The summed E-state index contributed by atoms with van der Waals surface area (Å²) in [5.74, 6) is 0.748. The third-order valence-electron chi connectivity index (χ3n) is 6.24. The maximum Gasteiger partial charge on any atom is 0.301 e. The fourth-order valence-corrected chi connectivity index (χ4v) is 5.23. The van der Waals surface area contributed by atoms with E-state index in [4.69, 9.17) is 35.5 Å². The monoisotopic (exact) mass is 496 g/mol.